The minimum atomic E-state index is -3.15. The van der Waals surface area contributed by atoms with E-state index in [1.54, 1.807) is 0 Å². The van der Waals surface area contributed by atoms with Crippen LogP contribution in [-0.2, 0) is 19.4 Å². The molecule has 1 atom stereocenters. The first kappa shape index (κ1) is 22.2. The number of hydrogen-bond donors (Lipinski definition) is 1. The highest BCUT2D eigenvalue weighted by atomic mass is 32.2. The molecule has 7 nitrogen and oxygen atoms in total. The van der Waals surface area contributed by atoms with Gasteiger partial charge in [0.2, 0.25) is 5.91 Å². The van der Waals surface area contributed by atoms with Gasteiger partial charge in [0.15, 0.2) is 9.84 Å². The molecule has 2 aromatic carbocycles. The lowest BCUT2D eigenvalue weighted by molar-refractivity contribution is -0.133. The molecule has 0 bridgehead atoms. The van der Waals surface area contributed by atoms with E-state index in [0.717, 1.165) is 6.42 Å². The van der Waals surface area contributed by atoms with Gasteiger partial charge in [-0.15, -0.1) is 0 Å². The van der Waals surface area contributed by atoms with Crippen molar-refractivity contribution in [2.45, 2.75) is 37.6 Å². The van der Waals surface area contributed by atoms with Crippen LogP contribution in [0.4, 0.5) is 0 Å². The zero-order valence-corrected chi connectivity index (χ0v) is 18.6. The molecule has 2 heterocycles. The predicted molar refractivity (Wildman–Crippen MR) is 123 cm³/mol. The maximum absolute atomic E-state index is 12.7. The Morgan fingerprint density at radius 3 is 2.22 bits per heavy atom. The van der Waals surface area contributed by atoms with E-state index < -0.39 is 15.9 Å². The number of carbonyl (C=O) groups excluding carboxylic acids is 2. The largest absolute Gasteiger partial charge is 0.351 e. The van der Waals surface area contributed by atoms with E-state index in [9.17, 15) is 18.0 Å². The summed E-state index contributed by atoms with van der Waals surface area (Å²) < 4.78 is 23.6. The molecule has 0 saturated carbocycles. The number of carbonyl (C=O) groups is 2. The topological polar surface area (TPSA) is 95.9 Å². The third-order valence-electron chi connectivity index (χ3n) is 6.00. The van der Waals surface area contributed by atoms with Crippen LogP contribution >= 0.6 is 0 Å². The Hall–Kier alpha value is -3.00. The molecule has 32 heavy (non-hydrogen) atoms. The first-order valence-corrected chi connectivity index (χ1v) is 12.7. The van der Waals surface area contributed by atoms with Crippen molar-refractivity contribution in [1.29, 1.82) is 0 Å². The van der Waals surface area contributed by atoms with Crippen LogP contribution in [0.15, 0.2) is 65.8 Å². The standard InChI is InChI=1S/C24H27N3O4S/c28-23-12-11-22(26-27(23)20-14-16-32(30,31)17-20)24(29)25-15-13-21(18-7-3-1-4-8-18)19-9-5-2-6-10-19/h1-10,20-21H,11-17H2,(H,25,29). The SMILES string of the molecule is O=C(NCCC(c1ccccc1)c1ccccc1)C1=NN(C2CCS(=O)(=O)C2)C(=O)CC1. The smallest absolute Gasteiger partial charge is 0.267 e. The molecule has 1 saturated heterocycles. The third kappa shape index (κ3) is 5.24. The van der Waals surface area contributed by atoms with E-state index >= 15 is 0 Å². The predicted octanol–water partition coefficient (Wildman–Crippen LogP) is 2.49. The van der Waals surface area contributed by atoms with Crippen LogP contribution in [-0.4, -0.2) is 55.0 Å². The Morgan fingerprint density at radius 2 is 1.66 bits per heavy atom. The normalized spacial score (nSPS) is 20.3. The average molecular weight is 454 g/mol. The molecular formula is C24H27N3O4S. The van der Waals surface area contributed by atoms with Gasteiger partial charge in [-0.25, -0.2) is 13.4 Å². The summed E-state index contributed by atoms with van der Waals surface area (Å²) >= 11 is 0. The summed E-state index contributed by atoms with van der Waals surface area (Å²) in [6.07, 6.45) is 1.51. The number of benzene rings is 2. The molecule has 2 aliphatic heterocycles. The first-order valence-electron chi connectivity index (χ1n) is 10.9. The van der Waals surface area contributed by atoms with Crippen LogP contribution in [0, 0.1) is 0 Å². The number of hydrogen-bond acceptors (Lipinski definition) is 5. The summed E-state index contributed by atoms with van der Waals surface area (Å²) in [4.78, 5) is 25.0. The molecule has 168 valence electrons. The van der Waals surface area contributed by atoms with Gasteiger partial charge in [-0.05, 0) is 24.0 Å². The third-order valence-corrected chi connectivity index (χ3v) is 7.75. The van der Waals surface area contributed by atoms with Gasteiger partial charge >= 0.3 is 0 Å². The maximum Gasteiger partial charge on any atom is 0.267 e. The average Bonchev–Trinajstić information content (AvgIpc) is 3.17. The van der Waals surface area contributed by atoms with Crippen molar-refractivity contribution in [3.63, 3.8) is 0 Å². The molecule has 1 unspecified atom stereocenters. The molecule has 1 N–H and O–H groups in total. The van der Waals surface area contributed by atoms with Gasteiger partial charge in [0, 0.05) is 25.3 Å². The van der Waals surface area contributed by atoms with Crippen molar-refractivity contribution in [2.24, 2.45) is 5.10 Å². The van der Waals surface area contributed by atoms with E-state index in [2.05, 4.69) is 34.7 Å². The molecule has 0 aliphatic carbocycles. The number of rotatable bonds is 7. The van der Waals surface area contributed by atoms with Gasteiger partial charge in [-0.2, -0.15) is 5.10 Å². The van der Waals surface area contributed by atoms with Gasteiger partial charge < -0.3 is 5.32 Å². The van der Waals surface area contributed by atoms with E-state index in [1.165, 1.54) is 16.1 Å². The lowest BCUT2D eigenvalue weighted by Crippen LogP contribution is -2.44. The summed E-state index contributed by atoms with van der Waals surface area (Å²) in [6.45, 7) is 0.456. The van der Waals surface area contributed by atoms with E-state index in [4.69, 9.17) is 0 Å². The lowest BCUT2D eigenvalue weighted by atomic mass is 9.88. The fourth-order valence-corrected chi connectivity index (χ4v) is 6.01. The Labute approximate surface area is 188 Å². The number of nitrogens with one attached hydrogen (secondary N) is 1. The molecule has 2 amide bonds. The van der Waals surface area contributed by atoms with Gasteiger partial charge in [0.25, 0.3) is 5.91 Å². The second kappa shape index (κ2) is 9.65. The van der Waals surface area contributed by atoms with Crippen LogP contribution in [0.1, 0.15) is 42.7 Å². The molecule has 0 spiro atoms. The molecule has 1 fully saturated rings. The summed E-state index contributed by atoms with van der Waals surface area (Å²) in [6, 6.07) is 19.9. The second-order valence-corrected chi connectivity index (χ2v) is 10.5. The Balaban J connectivity index is 1.41. The minimum absolute atomic E-state index is 0.0544. The number of amides is 2. The lowest BCUT2D eigenvalue weighted by Gasteiger charge is -2.27. The number of hydrazone groups is 1. The number of nitrogens with zero attached hydrogens (tertiary/aromatic N) is 2. The molecule has 8 heteroatoms. The van der Waals surface area contributed by atoms with Crippen molar-refractivity contribution >= 4 is 27.4 Å². The van der Waals surface area contributed by atoms with Gasteiger partial charge in [0.05, 0.1) is 17.5 Å². The van der Waals surface area contributed by atoms with E-state index in [0.29, 0.717) is 13.0 Å². The highest BCUT2D eigenvalue weighted by Gasteiger charge is 2.37. The summed E-state index contributed by atoms with van der Waals surface area (Å²) in [5, 5.41) is 8.41. The molecule has 0 aromatic heterocycles. The van der Waals surface area contributed by atoms with E-state index in [-0.39, 0.29) is 47.8 Å². The zero-order chi connectivity index (χ0) is 22.6. The fraction of sp³-hybridized carbons (Fsp3) is 0.375. The monoisotopic (exact) mass is 453 g/mol. The Kier molecular flexibility index (Phi) is 6.69. The van der Waals surface area contributed by atoms with Gasteiger partial charge in [0.1, 0.15) is 5.71 Å². The van der Waals surface area contributed by atoms with Crippen LogP contribution in [0.25, 0.3) is 0 Å². The van der Waals surface area contributed by atoms with Crippen molar-refractivity contribution in [1.82, 2.24) is 10.3 Å². The van der Waals surface area contributed by atoms with E-state index in [1.807, 2.05) is 36.4 Å². The molecule has 0 radical (unpaired) electrons. The van der Waals surface area contributed by atoms with Crippen LogP contribution in [0.5, 0.6) is 0 Å². The summed E-state index contributed by atoms with van der Waals surface area (Å²) in [7, 11) is -3.15. The Bertz CT molecular complexity index is 1060. The Morgan fingerprint density at radius 1 is 1.03 bits per heavy atom. The summed E-state index contributed by atoms with van der Waals surface area (Å²) in [5.74, 6) is -0.417. The van der Waals surface area contributed by atoms with Crippen molar-refractivity contribution < 1.29 is 18.0 Å². The van der Waals surface area contributed by atoms with Crippen molar-refractivity contribution in [3.8, 4) is 0 Å². The quantitative estimate of drug-likeness (QED) is 0.697. The van der Waals surface area contributed by atoms with Crippen molar-refractivity contribution in [3.05, 3.63) is 71.8 Å². The van der Waals surface area contributed by atoms with Crippen molar-refractivity contribution in [2.75, 3.05) is 18.1 Å². The minimum Gasteiger partial charge on any atom is -0.351 e. The van der Waals surface area contributed by atoms with Crippen LogP contribution in [0.3, 0.4) is 0 Å². The van der Waals surface area contributed by atoms with Crippen LogP contribution in [0.2, 0.25) is 0 Å². The summed E-state index contributed by atoms with van der Waals surface area (Å²) in [5.41, 5.74) is 2.65. The van der Waals surface area contributed by atoms with Gasteiger partial charge in [-0.3, -0.25) is 9.59 Å². The zero-order valence-electron chi connectivity index (χ0n) is 17.8. The molecule has 2 aromatic rings. The molecular weight excluding hydrogens is 426 g/mol. The molecule has 2 aliphatic rings. The van der Waals surface area contributed by atoms with Gasteiger partial charge in [-0.1, -0.05) is 60.7 Å². The molecule has 4 rings (SSSR count). The fourth-order valence-electron chi connectivity index (χ4n) is 4.32. The maximum atomic E-state index is 12.7. The second-order valence-electron chi connectivity index (χ2n) is 8.26. The highest BCUT2D eigenvalue weighted by Crippen LogP contribution is 2.27. The van der Waals surface area contributed by atoms with Crippen LogP contribution < -0.4 is 5.32 Å². The highest BCUT2D eigenvalue weighted by molar-refractivity contribution is 7.91. The number of sulfone groups is 1. The first-order chi connectivity index (χ1) is 15.4.